The maximum atomic E-state index is 12.7. The van der Waals surface area contributed by atoms with Gasteiger partial charge in [-0.3, -0.25) is 9.10 Å². The fourth-order valence-corrected chi connectivity index (χ4v) is 2.87. The van der Waals surface area contributed by atoms with E-state index in [1.807, 2.05) is 0 Å². The van der Waals surface area contributed by atoms with Crippen LogP contribution in [0, 0.1) is 0 Å². The topological polar surface area (TPSA) is 80.5 Å². The number of anilines is 1. The number of rotatable bonds is 5. The second kappa shape index (κ2) is 6.10. The molecular weight excluding hydrogens is 333 g/mol. The van der Waals surface area contributed by atoms with Gasteiger partial charge in [0.25, 0.3) is 0 Å². The highest BCUT2D eigenvalue weighted by Crippen LogP contribution is 2.36. The van der Waals surface area contributed by atoms with Gasteiger partial charge in [0, 0.05) is 0 Å². The summed E-state index contributed by atoms with van der Waals surface area (Å²) in [5.41, 5.74) is 3.43. The maximum absolute atomic E-state index is 12.7. The molecule has 1 rings (SSSR count). The van der Waals surface area contributed by atoms with Crippen molar-refractivity contribution in [2.45, 2.75) is 13.1 Å². The Balaban J connectivity index is 3.47. The van der Waals surface area contributed by atoms with Crippen LogP contribution in [0.5, 0.6) is 0 Å². The van der Waals surface area contributed by atoms with E-state index in [2.05, 4.69) is 0 Å². The van der Waals surface area contributed by atoms with E-state index >= 15 is 0 Å². The van der Waals surface area contributed by atoms with E-state index in [0.717, 1.165) is 6.07 Å². The Morgan fingerprint density at radius 3 is 2.38 bits per heavy atom. The van der Waals surface area contributed by atoms with Gasteiger partial charge in [0.05, 0.1) is 22.0 Å². The number of carbonyl (C=O) groups is 1. The SMILES string of the molecule is CCS(=O)(=O)N(CC(N)=O)c1cc(C(F)(F)F)ccc1Cl. The van der Waals surface area contributed by atoms with Crippen molar-refractivity contribution in [2.24, 2.45) is 5.73 Å². The van der Waals surface area contributed by atoms with E-state index in [-0.39, 0.29) is 5.02 Å². The van der Waals surface area contributed by atoms with Crippen LogP contribution in [0.2, 0.25) is 5.02 Å². The van der Waals surface area contributed by atoms with Crippen LogP contribution in [0.3, 0.4) is 0 Å². The molecular formula is C11H12ClF3N2O3S. The number of primary amides is 1. The number of amides is 1. The lowest BCUT2D eigenvalue weighted by Crippen LogP contribution is -2.39. The standard InChI is InChI=1S/C11H12ClF3N2O3S/c1-2-21(19,20)17(6-10(16)18)9-5-7(11(13,14)15)3-4-8(9)12/h3-5H,2,6H2,1H3,(H2,16,18). The molecule has 1 aromatic carbocycles. The number of nitrogens with zero attached hydrogens (tertiary/aromatic N) is 1. The van der Waals surface area contributed by atoms with Crippen molar-refractivity contribution in [1.82, 2.24) is 0 Å². The fourth-order valence-electron chi connectivity index (χ4n) is 1.51. The van der Waals surface area contributed by atoms with Crippen molar-refractivity contribution >= 4 is 33.2 Å². The number of hydrogen-bond donors (Lipinski definition) is 1. The molecule has 0 bridgehead atoms. The molecule has 0 aliphatic heterocycles. The van der Waals surface area contributed by atoms with Crippen LogP contribution in [0.15, 0.2) is 18.2 Å². The smallest absolute Gasteiger partial charge is 0.368 e. The molecule has 0 fully saturated rings. The molecule has 0 aliphatic rings. The van der Waals surface area contributed by atoms with Crippen LogP contribution in [0.4, 0.5) is 18.9 Å². The van der Waals surface area contributed by atoms with Gasteiger partial charge in [-0.15, -0.1) is 0 Å². The average Bonchev–Trinajstić information content (AvgIpc) is 2.35. The molecule has 1 aromatic rings. The van der Waals surface area contributed by atoms with Gasteiger partial charge in [-0.2, -0.15) is 13.2 Å². The number of alkyl halides is 3. The van der Waals surface area contributed by atoms with Crippen molar-refractivity contribution in [3.05, 3.63) is 28.8 Å². The highest BCUT2D eigenvalue weighted by molar-refractivity contribution is 7.92. The molecule has 1 amide bonds. The molecule has 2 N–H and O–H groups in total. The van der Waals surface area contributed by atoms with Gasteiger partial charge >= 0.3 is 6.18 Å². The zero-order valence-corrected chi connectivity index (χ0v) is 12.4. The number of nitrogens with two attached hydrogens (primary N) is 1. The van der Waals surface area contributed by atoms with Gasteiger partial charge in [-0.05, 0) is 25.1 Å². The summed E-state index contributed by atoms with van der Waals surface area (Å²) >= 11 is 5.76. The Hall–Kier alpha value is -1.48. The second-order valence-electron chi connectivity index (χ2n) is 4.04. The number of hydrogen-bond acceptors (Lipinski definition) is 3. The molecule has 0 heterocycles. The summed E-state index contributed by atoms with van der Waals surface area (Å²) in [6.45, 7) is 0.488. The monoisotopic (exact) mass is 344 g/mol. The highest BCUT2D eigenvalue weighted by atomic mass is 35.5. The van der Waals surface area contributed by atoms with Gasteiger partial charge < -0.3 is 5.73 Å². The Labute approximate surface area is 124 Å². The summed E-state index contributed by atoms with van der Waals surface area (Å²) in [7, 11) is -4.01. The molecule has 0 radical (unpaired) electrons. The second-order valence-corrected chi connectivity index (χ2v) is 6.63. The van der Waals surface area contributed by atoms with Crippen molar-refractivity contribution < 1.29 is 26.4 Å². The third kappa shape index (κ3) is 4.24. The molecule has 0 aliphatic carbocycles. The molecule has 10 heteroatoms. The maximum Gasteiger partial charge on any atom is 0.416 e. The lowest BCUT2D eigenvalue weighted by molar-refractivity contribution is -0.137. The molecule has 21 heavy (non-hydrogen) atoms. The van der Waals surface area contributed by atoms with Crippen molar-refractivity contribution in [1.29, 1.82) is 0 Å². The van der Waals surface area contributed by atoms with E-state index in [1.165, 1.54) is 6.92 Å². The van der Waals surface area contributed by atoms with Gasteiger partial charge in [0.1, 0.15) is 6.54 Å². The zero-order valence-electron chi connectivity index (χ0n) is 10.8. The van der Waals surface area contributed by atoms with E-state index in [0.29, 0.717) is 16.4 Å². The van der Waals surface area contributed by atoms with Gasteiger partial charge in [0.2, 0.25) is 15.9 Å². The zero-order chi connectivity index (χ0) is 16.4. The number of halogens is 4. The van der Waals surface area contributed by atoms with Crippen LogP contribution in [-0.4, -0.2) is 26.6 Å². The Kier molecular flexibility index (Phi) is 5.11. The van der Waals surface area contributed by atoms with Crippen LogP contribution in [0.25, 0.3) is 0 Å². The quantitative estimate of drug-likeness (QED) is 0.887. The molecule has 0 aromatic heterocycles. The van der Waals surface area contributed by atoms with Crippen molar-refractivity contribution in [3.63, 3.8) is 0 Å². The van der Waals surface area contributed by atoms with Crippen molar-refractivity contribution in [3.8, 4) is 0 Å². The summed E-state index contributed by atoms with van der Waals surface area (Å²) < 4.78 is 62.4. The summed E-state index contributed by atoms with van der Waals surface area (Å²) in [5.74, 6) is -1.44. The largest absolute Gasteiger partial charge is 0.416 e. The van der Waals surface area contributed by atoms with Gasteiger partial charge in [0.15, 0.2) is 0 Å². The van der Waals surface area contributed by atoms with E-state index in [1.54, 1.807) is 0 Å². The predicted molar refractivity (Wildman–Crippen MR) is 72.5 cm³/mol. The summed E-state index contributed by atoms with van der Waals surface area (Å²) in [5, 5.41) is -0.235. The molecule has 0 spiro atoms. The first-order valence-corrected chi connectivity index (χ1v) is 7.63. The lowest BCUT2D eigenvalue weighted by Gasteiger charge is -2.24. The van der Waals surface area contributed by atoms with E-state index < -0.39 is 45.7 Å². The van der Waals surface area contributed by atoms with Crippen molar-refractivity contribution in [2.75, 3.05) is 16.6 Å². The first-order valence-electron chi connectivity index (χ1n) is 5.64. The van der Waals surface area contributed by atoms with Gasteiger partial charge in [-0.1, -0.05) is 11.6 Å². The normalized spacial score (nSPS) is 12.2. The van der Waals surface area contributed by atoms with Gasteiger partial charge in [-0.25, -0.2) is 8.42 Å². The molecule has 0 unspecified atom stereocenters. The van der Waals surface area contributed by atoms with E-state index in [4.69, 9.17) is 17.3 Å². The molecule has 0 saturated heterocycles. The number of sulfonamides is 1. The molecule has 118 valence electrons. The fraction of sp³-hybridized carbons (Fsp3) is 0.364. The molecule has 0 saturated carbocycles. The van der Waals surface area contributed by atoms with Crippen LogP contribution in [-0.2, 0) is 21.0 Å². The minimum atomic E-state index is -4.67. The predicted octanol–water partition coefficient (Wildman–Crippen LogP) is 2.00. The number of benzene rings is 1. The Morgan fingerprint density at radius 1 is 1.38 bits per heavy atom. The van der Waals surface area contributed by atoms with E-state index in [9.17, 15) is 26.4 Å². The number of carbonyl (C=O) groups excluding carboxylic acids is 1. The Morgan fingerprint density at radius 2 is 1.95 bits per heavy atom. The van der Waals surface area contributed by atoms with Crippen LogP contribution >= 0.6 is 11.6 Å². The molecule has 0 atom stereocenters. The third-order valence-electron chi connectivity index (χ3n) is 2.54. The minimum absolute atomic E-state index is 0.235. The summed E-state index contributed by atoms with van der Waals surface area (Å²) in [6, 6.07) is 2.20. The minimum Gasteiger partial charge on any atom is -0.368 e. The molecule has 5 nitrogen and oxygen atoms in total. The summed E-state index contributed by atoms with van der Waals surface area (Å²) in [4.78, 5) is 11.0. The lowest BCUT2D eigenvalue weighted by atomic mass is 10.2. The summed E-state index contributed by atoms with van der Waals surface area (Å²) in [6.07, 6.45) is -4.67. The Bertz CT molecular complexity index is 647. The highest BCUT2D eigenvalue weighted by Gasteiger charge is 2.33. The first-order chi connectivity index (χ1) is 9.49. The van der Waals surface area contributed by atoms with Crippen LogP contribution in [0.1, 0.15) is 12.5 Å². The average molecular weight is 345 g/mol. The third-order valence-corrected chi connectivity index (χ3v) is 4.59. The van der Waals surface area contributed by atoms with Crippen LogP contribution < -0.4 is 10.0 Å². The first kappa shape index (κ1) is 17.6.